The van der Waals surface area contributed by atoms with Crippen molar-refractivity contribution in [1.82, 2.24) is 4.98 Å². The molecule has 3 aromatic carbocycles. The molecule has 0 unspecified atom stereocenters. The van der Waals surface area contributed by atoms with E-state index >= 15 is 0 Å². The molecule has 2 heterocycles. The minimum absolute atomic E-state index is 0.477. The molecule has 0 radical (unpaired) electrons. The second kappa shape index (κ2) is 8.96. The molecule has 5 rings (SSSR count). The number of thiophene rings is 1. The van der Waals surface area contributed by atoms with Crippen LogP contribution >= 0.6 is 11.3 Å². The van der Waals surface area contributed by atoms with Gasteiger partial charge in [0, 0.05) is 26.7 Å². The first kappa shape index (κ1) is 21.6. The van der Waals surface area contributed by atoms with Gasteiger partial charge in [0.25, 0.3) is 0 Å². The number of hydrogen-bond acceptors (Lipinski definition) is 2. The van der Waals surface area contributed by atoms with E-state index in [1.165, 1.54) is 48.3 Å². The highest BCUT2D eigenvalue weighted by Crippen LogP contribution is 2.41. The molecule has 0 aliphatic carbocycles. The van der Waals surface area contributed by atoms with Crippen LogP contribution in [0.15, 0.2) is 91.1 Å². The Bertz CT molecular complexity index is 1390. The summed E-state index contributed by atoms with van der Waals surface area (Å²) >= 11 is 1.86. The van der Waals surface area contributed by atoms with Gasteiger partial charge in [-0.15, -0.1) is 11.3 Å². The normalized spacial score (nSPS) is 11.6. The van der Waals surface area contributed by atoms with E-state index in [1.807, 2.05) is 17.5 Å². The highest BCUT2D eigenvalue weighted by atomic mass is 32.1. The SMILES string of the molecule is CC(C)c1ccc(-c2cc(-c3cc(C(C)C)ccn3)cc3sc(-c4ccccc4)cc23)cc1. The predicted molar refractivity (Wildman–Crippen MR) is 144 cm³/mol. The molecule has 0 fully saturated rings. The molecule has 0 atom stereocenters. The van der Waals surface area contributed by atoms with Crippen LogP contribution in [0, 0.1) is 0 Å². The lowest BCUT2D eigenvalue weighted by molar-refractivity contribution is 0.864. The molecule has 0 N–H and O–H groups in total. The fourth-order valence-electron chi connectivity index (χ4n) is 4.28. The van der Waals surface area contributed by atoms with Gasteiger partial charge in [0.1, 0.15) is 0 Å². The van der Waals surface area contributed by atoms with Crippen LogP contribution in [-0.4, -0.2) is 4.98 Å². The van der Waals surface area contributed by atoms with E-state index in [1.54, 1.807) is 0 Å². The van der Waals surface area contributed by atoms with Crippen molar-refractivity contribution in [3.05, 3.63) is 102 Å². The predicted octanol–water partition coefficient (Wildman–Crippen LogP) is 9.54. The Morgan fingerprint density at radius 2 is 1.36 bits per heavy atom. The van der Waals surface area contributed by atoms with Gasteiger partial charge in [0.05, 0.1) is 5.69 Å². The zero-order valence-electron chi connectivity index (χ0n) is 19.7. The fraction of sp³-hybridized carbons (Fsp3) is 0.194. The molecule has 33 heavy (non-hydrogen) atoms. The van der Waals surface area contributed by atoms with Gasteiger partial charge >= 0.3 is 0 Å². The van der Waals surface area contributed by atoms with Crippen LogP contribution in [-0.2, 0) is 0 Å². The monoisotopic (exact) mass is 447 g/mol. The summed E-state index contributed by atoms with van der Waals surface area (Å²) in [6, 6.07) is 31.1. The molecule has 164 valence electrons. The third kappa shape index (κ3) is 4.36. The second-order valence-corrected chi connectivity index (χ2v) is 10.4. The van der Waals surface area contributed by atoms with Gasteiger partial charge in [-0.2, -0.15) is 0 Å². The third-order valence-electron chi connectivity index (χ3n) is 6.33. The summed E-state index contributed by atoms with van der Waals surface area (Å²) < 4.78 is 1.30. The van der Waals surface area contributed by atoms with Crippen LogP contribution in [0.3, 0.4) is 0 Å². The largest absolute Gasteiger partial charge is 0.256 e. The van der Waals surface area contributed by atoms with Crippen molar-refractivity contribution in [2.24, 2.45) is 0 Å². The summed E-state index contributed by atoms with van der Waals surface area (Å²) in [6.07, 6.45) is 1.94. The first-order chi connectivity index (χ1) is 16.0. The molecule has 2 heteroatoms. The van der Waals surface area contributed by atoms with E-state index in [9.17, 15) is 0 Å². The summed E-state index contributed by atoms with van der Waals surface area (Å²) in [4.78, 5) is 6.04. The average molecular weight is 448 g/mol. The molecule has 0 saturated carbocycles. The Balaban J connectivity index is 1.72. The smallest absolute Gasteiger partial charge is 0.0705 e. The van der Waals surface area contributed by atoms with Crippen LogP contribution in [0.2, 0.25) is 0 Å². The van der Waals surface area contributed by atoms with Crippen molar-refractivity contribution in [2.45, 2.75) is 39.5 Å². The summed E-state index contributed by atoms with van der Waals surface area (Å²) in [5.41, 5.74) is 8.69. The third-order valence-corrected chi connectivity index (χ3v) is 7.46. The van der Waals surface area contributed by atoms with E-state index in [2.05, 4.69) is 113 Å². The number of benzene rings is 3. The van der Waals surface area contributed by atoms with Crippen molar-refractivity contribution in [2.75, 3.05) is 0 Å². The first-order valence-electron chi connectivity index (χ1n) is 11.7. The number of fused-ring (bicyclic) bond motifs is 1. The van der Waals surface area contributed by atoms with Crippen LogP contribution in [0.4, 0.5) is 0 Å². The Morgan fingerprint density at radius 3 is 2.06 bits per heavy atom. The lowest BCUT2D eigenvalue weighted by Gasteiger charge is -2.12. The van der Waals surface area contributed by atoms with Gasteiger partial charge in [0.15, 0.2) is 0 Å². The number of nitrogens with zero attached hydrogens (tertiary/aromatic N) is 1. The topological polar surface area (TPSA) is 12.9 Å². The van der Waals surface area contributed by atoms with Gasteiger partial charge in [-0.05, 0) is 70.0 Å². The Morgan fingerprint density at radius 1 is 0.636 bits per heavy atom. The number of pyridine rings is 1. The highest BCUT2D eigenvalue weighted by molar-refractivity contribution is 7.22. The molecular formula is C31H29NS. The maximum atomic E-state index is 4.74. The van der Waals surface area contributed by atoms with Gasteiger partial charge in [-0.1, -0.05) is 82.3 Å². The lowest BCUT2D eigenvalue weighted by atomic mass is 9.94. The molecule has 0 amide bonds. The van der Waals surface area contributed by atoms with E-state index in [-0.39, 0.29) is 0 Å². The quantitative estimate of drug-likeness (QED) is 0.261. The molecule has 2 aromatic heterocycles. The van der Waals surface area contributed by atoms with Crippen LogP contribution in [0.5, 0.6) is 0 Å². The molecule has 0 aliphatic rings. The standard InChI is InChI=1S/C31H29NS/c1-20(2)22-10-12-23(13-11-22)27-16-26(29-17-25(21(3)4)14-15-32-29)18-31-28(27)19-30(33-31)24-8-6-5-7-9-24/h5-21H,1-4H3. The second-order valence-electron chi connectivity index (χ2n) is 9.32. The Kier molecular flexibility index (Phi) is 5.86. The summed E-state index contributed by atoms with van der Waals surface area (Å²) in [5.74, 6) is 1.00. The van der Waals surface area contributed by atoms with Gasteiger partial charge in [-0.3, -0.25) is 4.98 Å². The van der Waals surface area contributed by atoms with Crippen molar-refractivity contribution < 1.29 is 0 Å². The molecule has 0 bridgehead atoms. The van der Waals surface area contributed by atoms with Crippen molar-refractivity contribution >= 4 is 21.4 Å². The Labute approximate surface area is 200 Å². The minimum Gasteiger partial charge on any atom is -0.256 e. The van der Waals surface area contributed by atoms with Crippen molar-refractivity contribution in [3.63, 3.8) is 0 Å². The zero-order valence-corrected chi connectivity index (χ0v) is 20.5. The average Bonchev–Trinajstić information content (AvgIpc) is 3.28. The molecule has 0 saturated heterocycles. The van der Waals surface area contributed by atoms with E-state index in [4.69, 9.17) is 4.98 Å². The molecule has 1 nitrogen and oxygen atoms in total. The Hall–Kier alpha value is -3.23. The lowest BCUT2D eigenvalue weighted by Crippen LogP contribution is -1.91. The van der Waals surface area contributed by atoms with Crippen LogP contribution in [0.25, 0.3) is 42.9 Å². The molecule has 0 spiro atoms. The van der Waals surface area contributed by atoms with E-state index in [0.29, 0.717) is 11.8 Å². The number of aromatic nitrogens is 1. The number of hydrogen-bond donors (Lipinski definition) is 0. The van der Waals surface area contributed by atoms with Crippen molar-refractivity contribution in [3.8, 4) is 32.8 Å². The minimum atomic E-state index is 0.477. The summed E-state index contributed by atoms with van der Waals surface area (Å²) in [6.45, 7) is 8.95. The summed E-state index contributed by atoms with van der Waals surface area (Å²) in [5, 5.41) is 1.31. The van der Waals surface area contributed by atoms with E-state index < -0.39 is 0 Å². The van der Waals surface area contributed by atoms with Gasteiger partial charge < -0.3 is 0 Å². The fourth-order valence-corrected chi connectivity index (χ4v) is 5.41. The van der Waals surface area contributed by atoms with Crippen LogP contribution in [0.1, 0.15) is 50.7 Å². The van der Waals surface area contributed by atoms with Crippen LogP contribution < -0.4 is 0 Å². The molecule has 0 aliphatic heterocycles. The number of rotatable bonds is 5. The first-order valence-corrected chi connectivity index (χ1v) is 12.5. The van der Waals surface area contributed by atoms with Crippen molar-refractivity contribution in [1.29, 1.82) is 0 Å². The van der Waals surface area contributed by atoms with E-state index in [0.717, 1.165) is 5.69 Å². The zero-order chi connectivity index (χ0) is 22.9. The molecule has 5 aromatic rings. The summed E-state index contributed by atoms with van der Waals surface area (Å²) in [7, 11) is 0. The maximum Gasteiger partial charge on any atom is 0.0705 e. The highest BCUT2D eigenvalue weighted by Gasteiger charge is 2.14. The molecular weight excluding hydrogens is 418 g/mol. The van der Waals surface area contributed by atoms with Gasteiger partial charge in [-0.25, -0.2) is 0 Å². The maximum absolute atomic E-state index is 4.74. The van der Waals surface area contributed by atoms with Gasteiger partial charge in [0.2, 0.25) is 0 Å².